The summed E-state index contributed by atoms with van der Waals surface area (Å²) < 4.78 is 0. The van der Waals surface area contributed by atoms with Gasteiger partial charge in [0.25, 0.3) is 0 Å². The molecular formula is C27H37N5OS. The molecule has 0 spiro atoms. The second-order valence-electron chi connectivity index (χ2n) is 11.8. The second-order valence-corrected chi connectivity index (χ2v) is 12.9. The Balaban J connectivity index is 1.08. The molecule has 2 aromatic heterocycles. The highest BCUT2D eigenvalue weighted by Gasteiger charge is 2.51. The number of urea groups is 1. The smallest absolute Gasteiger partial charge is 0.317 e. The molecule has 3 heterocycles. The molecule has 7 heteroatoms. The van der Waals surface area contributed by atoms with Crippen LogP contribution in [0.25, 0.3) is 10.2 Å². The molecule has 5 fully saturated rings. The first kappa shape index (κ1) is 21.4. The molecule has 1 N–H and O–H groups in total. The Bertz CT molecular complexity index is 1080. The molecule has 0 radical (unpaired) electrons. The number of anilines is 1. The molecule has 6 nitrogen and oxygen atoms in total. The third-order valence-electron chi connectivity index (χ3n) is 9.43. The summed E-state index contributed by atoms with van der Waals surface area (Å²) >= 11 is 1.89. The monoisotopic (exact) mass is 479 g/mol. The van der Waals surface area contributed by atoms with Gasteiger partial charge in [-0.2, -0.15) is 0 Å². The number of carbonyl (C=O) groups is 1. The lowest BCUT2D eigenvalue weighted by Crippen LogP contribution is -2.63. The van der Waals surface area contributed by atoms with E-state index in [2.05, 4.69) is 22.0 Å². The predicted octanol–water partition coefficient (Wildman–Crippen LogP) is 4.93. The molecular weight excluding hydrogens is 442 g/mol. The Morgan fingerprint density at radius 2 is 1.68 bits per heavy atom. The van der Waals surface area contributed by atoms with Crippen molar-refractivity contribution in [2.75, 3.05) is 31.1 Å². The van der Waals surface area contributed by atoms with E-state index in [1.54, 1.807) is 0 Å². The third kappa shape index (κ3) is 3.52. The topological polar surface area (TPSA) is 61.4 Å². The summed E-state index contributed by atoms with van der Waals surface area (Å²) in [6.45, 7) is 5.41. The summed E-state index contributed by atoms with van der Waals surface area (Å²) in [5.41, 5.74) is 1.60. The highest BCUT2D eigenvalue weighted by atomic mass is 32.1. The van der Waals surface area contributed by atoms with Crippen molar-refractivity contribution < 1.29 is 4.79 Å². The number of hydrogen-bond acceptors (Lipinski definition) is 5. The number of fused-ring (bicyclic) bond motifs is 3. The van der Waals surface area contributed by atoms with Crippen LogP contribution in [0.3, 0.4) is 0 Å². The van der Waals surface area contributed by atoms with Crippen LogP contribution in [0.2, 0.25) is 0 Å². The van der Waals surface area contributed by atoms with E-state index in [1.807, 2.05) is 11.3 Å². The average molecular weight is 480 g/mol. The zero-order valence-electron chi connectivity index (χ0n) is 20.4. The van der Waals surface area contributed by atoms with Gasteiger partial charge in [-0.3, -0.25) is 0 Å². The molecule has 182 valence electrons. The standard InChI is InChI=1S/C27H37N5OS/c1-2-22-28-24(23-20-5-3-4-6-21(20)34-25(23)29-22)31-7-9-32(10-8-31)26(33)30-27-14-17-11-18(15-27)13-19(12-17)16-27/h17-19H,2-16H2,1H3,(H,30,33). The molecule has 6 aliphatic rings. The van der Waals surface area contributed by atoms with Gasteiger partial charge in [0.05, 0.1) is 5.39 Å². The minimum Gasteiger partial charge on any atom is -0.352 e. The van der Waals surface area contributed by atoms with Gasteiger partial charge >= 0.3 is 6.03 Å². The summed E-state index contributed by atoms with van der Waals surface area (Å²) in [7, 11) is 0. The summed E-state index contributed by atoms with van der Waals surface area (Å²) in [4.78, 5) is 30.5. The molecule has 0 atom stereocenters. The maximum Gasteiger partial charge on any atom is 0.317 e. The number of carbonyl (C=O) groups excluding carboxylic acids is 1. The van der Waals surface area contributed by atoms with E-state index in [4.69, 9.17) is 9.97 Å². The van der Waals surface area contributed by atoms with Crippen molar-refractivity contribution in [2.24, 2.45) is 17.8 Å². The maximum absolute atomic E-state index is 13.4. The molecule has 0 aromatic carbocycles. The fraction of sp³-hybridized carbons (Fsp3) is 0.741. The lowest BCUT2D eigenvalue weighted by molar-refractivity contribution is -0.0157. The van der Waals surface area contributed by atoms with Gasteiger partial charge in [0.15, 0.2) is 0 Å². The van der Waals surface area contributed by atoms with Gasteiger partial charge in [-0.15, -0.1) is 11.3 Å². The lowest BCUT2D eigenvalue weighted by atomic mass is 9.53. The molecule has 2 amide bonds. The van der Waals surface area contributed by atoms with E-state index < -0.39 is 0 Å². The fourth-order valence-corrected chi connectivity index (χ4v) is 9.53. The molecule has 1 aliphatic heterocycles. The van der Waals surface area contributed by atoms with E-state index >= 15 is 0 Å². The minimum absolute atomic E-state index is 0.0908. The number of aromatic nitrogens is 2. The van der Waals surface area contributed by atoms with Crippen LogP contribution in [0.5, 0.6) is 0 Å². The van der Waals surface area contributed by atoms with Crippen molar-refractivity contribution in [1.29, 1.82) is 0 Å². The zero-order valence-corrected chi connectivity index (χ0v) is 21.3. The van der Waals surface area contributed by atoms with Crippen molar-refractivity contribution in [3.8, 4) is 0 Å². The number of piperazine rings is 1. The second kappa shape index (κ2) is 8.07. The number of hydrogen-bond donors (Lipinski definition) is 1. The fourth-order valence-electron chi connectivity index (χ4n) is 8.26. The van der Waals surface area contributed by atoms with Crippen LogP contribution < -0.4 is 10.2 Å². The number of aryl methyl sites for hydroxylation is 3. The Morgan fingerprint density at radius 1 is 1.00 bits per heavy atom. The van der Waals surface area contributed by atoms with Crippen molar-refractivity contribution >= 4 is 33.4 Å². The van der Waals surface area contributed by atoms with Gasteiger partial charge < -0.3 is 15.1 Å². The SMILES string of the molecule is CCc1nc(N2CCN(C(=O)NC34CC5CC(CC(C5)C3)C4)CC2)c2c3c(sc2n1)CCCC3. The molecule has 4 saturated carbocycles. The van der Waals surface area contributed by atoms with Gasteiger partial charge in [0, 0.05) is 43.0 Å². The van der Waals surface area contributed by atoms with Crippen LogP contribution in [0, 0.1) is 17.8 Å². The number of nitrogens with zero attached hydrogens (tertiary/aromatic N) is 4. The van der Waals surface area contributed by atoms with Gasteiger partial charge in [-0.1, -0.05) is 6.92 Å². The van der Waals surface area contributed by atoms with Crippen molar-refractivity contribution in [1.82, 2.24) is 20.2 Å². The highest BCUT2D eigenvalue weighted by molar-refractivity contribution is 7.19. The summed E-state index contributed by atoms with van der Waals surface area (Å²) in [6, 6.07) is 0.177. The molecule has 2 aromatic rings. The molecule has 1 saturated heterocycles. The number of rotatable bonds is 3. The summed E-state index contributed by atoms with van der Waals surface area (Å²) in [6.07, 6.45) is 13.6. The van der Waals surface area contributed by atoms with Crippen LogP contribution in [-0.2, 0) is 19.3 Å². The van der Waals surface area contributed by atoms with Crippen LogP contribution in [0.15, 0.2) is 0 Å². The third-order valence-corrected chi connectivity index (χ3v) is 10.6. The van der Waals surface area contributed by atoms with Crippen LogP contribution in [0.1, 0.15) is 74.6 Å². The lowest BCUT2D eigenvalue weighted by Gasteiger charge is -2.57. The first-order chi connectivity index (χ1) is 16.6. The summed E-state index contributed by atoms with van der Waals surface area (Å²) in [5, 5.41) is 4.89. The largest absolute Gasteiger partial charge is 0.352 e. The maximum atomic E-state index is 13.4. The van der Waals surface area contributed by atoms with Gasteiger partial charge in [0.1, 0.15) is 16.5 Å². The minimum atomic E-state index is 0.0908. The normalized spacial score (nSPS) is 32.3. The molecule has 5 aliphatic carbocycles. The van der Waals surface area contributed by atoms with E-state index in [-0.39, 0.29) is 11.6 Å². The quantitative estimate of drug-likeness (QED) is 0.678. The predicted molar refractivity (Wildman–Crippen MR) is 137 cm³/mol. The van der Waals surface area contributed by atoms with Crippen molar-refractivity contribution in [3.63, 3.8) is 0 Å². The highest BCUT2D eigenvalue weighted by Crippen LogP contribution is 2.55. The van der Waals surface area contributed by atoms with Gasteiger partial charge in [0.2, 0.25) is 0 Å². The number of thiophene rings is 1. The average Bonchev–Trinajstić information content (AvgIpc) is 3.21. The molecule has 0 unspecified atom stereocenters. The van der Waals surface area contributed by atoms with E-state index in [1.165, 1.54) is 78.4 Å². The molecule has 8 rings (SSSR count). The summed E-state index contributed by atoms with van der Waals surface area (Å²) in [5.74, 6) is 4.64. The molecule has 34 heavy (non-hydrogen) atoms. The van der Waals surface area contributed by atoms with Crippen LogP contribution >= 0.6 is 11.3 Å². The Hall–Kier alpha value is -1.89. The molecule has 4 bridgehead atoms. The van der Waals surface area contributed by atoms with Crippen LogP contribution in [0.4, 0.5) is 10.6 Å². The first-order valence-corrected chi connectivity index (χ1v) is 14.5. The number of nitrogens with one attached hydrogen (secondary N) is 1. The van der Waals surface area contributed by atoms with Crippen LogP contribution in [-0.4, -0.2) is 52.6 Å². The van der Waals surface area contributed by atoms with E-state index in [0.717, 1.165) is 68.4 Å². The van der Waals surface area contributed by atoms with E-state index in [9.17, 15) is 4.79 Å². The Kier molecular flexibility index (Phi) is 5.08. The van der Waals surface area contributed by atoms with E-state index in [0.29, 0.717) is 0 Å². The Labute approximate surface area is 206 Å². The van der Waals surface area contributed by atoms with Gasteiger partial charge in [-0.05, 0) is 87.5 Å². The van der Waals surface area contributed by atoms with Gasteiger partial charge in [-0.25, -0.2) is 14.8 Å². The zero-order chi connectivity index (χ0) is 22.9. The number of amides is 2. The first-order valence-electron chi connectivity index (χ1n) is 13.7. The Morgan fingerprint density at radius 3 is 2.35 bits per heavy atom. The van der Waals surface area contributed by atoms with Crippen molar-refractivity contribution in [3.05, 3.63) is 16.3 Å². The van der Waals surface area contributed by atoms with Crippen molar-refractivity contribution in [2.45, 2.75) is 83.1 Å².